The lowest BCUT2D eigenvalue weighted by Gasteiger charge is -2.13. The van der Waals surface area contributed by atoms with Gasteiger partial charge < -0.3 is 5.32 Å². The molecule has 106 valence electrons. The molecule has 0 spiro atoms. The number of nitrogens with one attached hydrogen (secondary N) is 1. The van der Waals surface area contributed by atoms with Crippen LogP contribution in [0.4, 0.5) is 5.82 Å². The molecule has 5 nitrogen and oxygen atoms in total. The highest BCUT2D eigenvalue weighted by atomic mass is 32.2. The third-order valence-corrected chi connectivity index (χ3v) is 5.08. The summed E-state index contributed by atoms with van der Waals surface area (Å²) in [7, 11) is -2.90. The maximum Gasteiger partial charge on any atom is 0.151 e. The van der Waals surface area contributed by atoms with Gasteiger partial charge in [0.2, 0.25) is 0 Å². The lowest BCUT2D eigenvalue weighted by Crippen LogP contribution is -2.12. The molecular weight excluding hydrogens is 262 g/mol. The summed E-state index contributed by atoms with van der Waals surface area (Å²) in [5, 5.41) is 3.19. The fourth-order valence-corrected chi connectivity index (χ4v) is 3.97. The van der Waals surface area contributed by atoms with Crippen molar-refractivity contribution in [1.29, 1.82) is 0 Å². The molecule has 2 heterocycles. The number of anilines is 1. The number of sulfone groups is 1. The fourth-order valence-electron chi connectivity index (χ4n) is 2.23. The average molecular weight is 283 g/mol. The molecule has 0 aromatic carbocycles. The highest BCUT2D eigenvalue weighted by Gasteiger charge is 2.31. The average Bonchev–Trinajstić information content (AvgIpc) is 2.70. The van der Waals surface area contributed by atoms with E-state index in [2.05, 4.69) is 29.1 Å². The minimum atomic E-state index is -2.90. The number of hydrogen-bond donors (Lipinski definition) is 1. The van der Waals surface area contributed by atoms with Crippen LogP contribution < -0.4 is 5.32 Å². The quantitative estimate of drug-likeness (QED) is 0.914. The first-order chi connectivity index (χ1) is 8.91. The van der Waals surface area contributed by atoms with E-state index in [1.807, 2.05) is 13.0 Å². The zero-order valence-corrected chi connectivity index (χ0v) is 12.5. The number of rotatable bonds is 4. The Bertz CT molecular complexity index is 555. The van der Waals surface area contributed by atoms with Crippen molar-refractivity contribution in [3.63, 3.8) is 0 Å². The largest absolute Gasteiger partial charge is 0.370 e. The van der Waals surface area contributed by atoms with Crippen molar-refractivity contribution < 1.29 is 8.42 Å². The second-order valence-electron chi connectivity index (χ2n) is 5.32. The summed E-state index contributed by atoms with van der Waals surface area (Å²) in [5.74, 6) is 2.14. The third-order valence-electron chi connectivity index (χ3n) is 3.31. The van der Waals surface area contributed by atoms with Crippen molar-refractivity contribution in [1.82, 2.24) is 9.97 Å². The van der Waals surface area contributed by atoms with E-state index in [4.69, 9.17) is 0 Å². The van der Waals surface area contributed by atoms with Gasteiger partial charge in [0, 0.05) is 24.2 Å². The van der Waals surface area contributed by atoms with E-state index < -0.39 is 9.84 Å². The molecule has 1 N–H and O–H groups in total. The molecule has 19 heavy (non-hydrogen) atoms. The first-order valence-electron chi connectivity index (χ1n) is 6.74. The van der Waals surface area contributed by atoms with E-state index in [9.17, 15) is 8.42 Å². The van der Waals surface area contributed by atoms with Crippen molar-refractivity contribution >= 4 is 15.7 Å². The molecule has 1 aliphatic heterocycles. The molecule has 1 saturated heterocycles. The maximum atomic E-state index is 11.6. The molecular formula is C13H21N3O2S. The lowest BCUT2D eigenvalue weighted by molar-refractivity contribution is 0.601. The zero-order chi connectivity index (χ0) is 14.0. The van der Waals surface area contributed by atoms with Crippen LogP contribution in [0.2, 0.25) is 0 Å². The Morgan fingerprint density at radius 1 is 1.42 bits per heavy atom. The van der Waals surface area contributed by atoms with Gasteiger partial charge in [-0.05, 0) is 19.3 Å². The molecule has 0 aliphatic carbocycles. The van der Waals surface area contributed by atoms with E-state index in [1.54, 1.807) is 0 Å². The number of hydrogen-bond acceptors (Lipinski definition) is 5. The van der Waals surface area contributed by atoms with Crippen molar-refractivity contribution in [2.75, 3.05) is 23.4 Å². The topological polar surface area (TPSA) is 72.0 Å². The molecule has 1 aromatic heterocycles. The van der Waals surface area contributed by atoms with Crippen LogP contribution in [0.3, 0.4) is 0 Å². The number of nitrogens with zero attached hydrogens (tertiary/aromatic N) is 2. The molecule has 1 atom stereocenters. The van der Waals surface area contributed by atoms with Crippen LogP contribution >= 0.6 is 0 Å². The van der Waals surface area contributed by atoms with E-state index in [0.717, 1.165) is 18.1 Å². The predicted octanol–water partition coefficient (Wildman–Crippen LogP) is 1.93. The highest BCUT2D eigenvalue weighted by molar-refractivity contribution is 7.91. The predicted molar refractivity (Wildman–Crippen MR) is 76.3 cm³/mol. The van der Waals surface area contributed by atoms with Crippen LogP contribution in [0.25, 0.3) is 0 Å². The van der Waals surface area contributed by atoms with E-state index in [0.29, 0.717) is 18.2 Å². The van der Waals surface area contributed by atoms with Gasteiger partial charge in [-0.3, -0.25) is 0 Å². The van der Waals surface area contributed by atoms with Crippen LogP contribution in [-0.4, -0.2) is 36.4 Å². The Morgan fingerprint density at radius 3 is 2.68 bits per heavy atom. The minimum Gasteiger partial charge on any atom is -0.370 e. The normalized spacial score (nSPS) is 21.8. The van der Waals surface area contributed by atoms with Crippen LogP contribution in [0.1, 0.15) is 50.5 Å². The summed E-state index contributed by atoms with van der Waals surface area (Å²) in [6, 6.07) is 1.95. The summed E-state index contributed by atoms with van der Waals surface area (Å²) in [5.41, 5.74) is 0.963. The molecule has 0 amide bonds. The molecule has 1 unspecified atom stereocenters. The zero-order valence-electron chi connectivity index (χ0n) is 11.7. The van der Waals surface area contributed by atoms with Gasteiger partial charge in [0.15, 0.2) is 9.84 Å². The number of aromatic nitrogens is 2. The van der Waals surface area contributed by atoms with Gasteiger partial charge in [-0.2, -0.15) is 0 Å². The van der Waals surface area contributed by atoms with Gasteiger partial charge in [-0.15, -0.1) is 0 Å². The molecule has 1 aromatic rings. The Hall–Kier alpha value is -1.17. The van der Waals surface area contributed by atoms with Crippen LogP contribution in [0.15, 0.2) is 6.07 Å². The molecule has 6 heteroatoms. The summed E-state index contributed by atoms with van der Waals surface area (Å²) < 4.78 is 23.1. The van der Waals surface area contributed by atoms with Gasteiger partial charge in [-0.25, -0.2) is 18.4 Å². The molecule has 1 fully saturated rings. The fraction of sp³-hybridized carbons (Fsp3) is 0.692. The van der Waals surface area contributed by atoms with Crippen molar-refractivity contribution in [3.8, 4) is 0 Å². The second kappa shape index (κ2) is 5.45. The van der Waals surface area contributed by atoms with Crippen LogP contribution in [-0.2, 0) is 9.84 Å². The molecule has 0 bridgehead atoms. The smallest absolute Gasteiger partial charge is 0.151 e. The Balaban J connectivity index is 2.34. The van der Waals surface area contributed by atoms with Crippen LogP contribution in [0, 0.1) is 0 Å². The Labute approximate surface area is 114 Å². The van der Waals surface area contributed by atoms with Gasteiger partial charge in [-0.1, -0.05) is 13.8 Å². The van der Waals surface area contributed by atoms with E-state index >= 15 is 0 Å². The summed E-state index contributed by atoms with van der Waals surface area (Å²) in [4.78, 5) is 9.01. The highest BCUT2D eigenvalue weighted by Crippen LogP contribution is 2.28. The Morgan fingerprint density at radius 2 is 2.16 bits per heavy atom. The van der Waals surface area contributed by atoms with Crippen molar-refractivity contribution in [3.05, 3.63) is 17.6 Å². The van der Waals surface area contributed by atoms with Crippen LogP contribution in [0.5, 0.6) is 0 Å². The minimum absolute atomic E-state index is 0.0545. The van der Waals surface area contributed by atoms with Crippen molar-refractivity contribution in [2.45, 2.75) is 39.0 Å². The van der Waals surface area contributed by atoms with Gasteiger partial charge in [0.25, 0.3) is 0 Å². The monoisotopic (exact) mass is 283 g/mol. The Kier molecular flexibility index (Phi) is 4.08. The van der Waals surface area contributed by atoms with Gasteiger partial charge in [0.05, 0.1) is 11.5 Å². The van der Waals surface area contributed by atoms with Gasteiger partial charge >= 0.3 is 0 Å². The standard InChI is InChI=1S/C13H21N3O2S/c1-4-14-12-7-11(9(2)3)15-13(16-12)10-5-6-19(17,18)8-10/h7,9-10H,4-6,8H2,1-3H3,(H,14,15,16). The van der Waals surface area contributed by atoms with E-state index in [1.165, 1.54) is 0 Å². The summed E-state index contributed by atoms with van der Waals surface area (Å²) >= 11 is 0. The van der Waals surface area contributed by atoms with E-state index in [-0.39, 0.29) is 17.4 Å². The molecule has 2 rings (SSSR count). The third kappa shape index (κ3) is 3.43. The first-order valence-corrected chi connectivity index (χ1v) is 8.56. The molecule has 1 aliphatic rings. The van der Waals surface area contributed by atoms with Crippen molar-refractivity contribution in [2.24, 2.45) is 0 Å². The lowest BCUT2D eigenvalue weighted by atomic mass is 10.1. The van der Waals surface area contributed by atoms with Gasteiger partial charge in [0.1, 0.15) is 11.6 Å². The first kappa shape index (κ1) is 14.2. The molecule has 0 radical (unpaired) electrons. The molecule has 0 saturated carbocycles. The summed E-state index contributed by atoms with van der Waals surface area (Å²) in [6.07, 6.45) is 0.634. The SMILES string of the molecule is CCNc1cc(C(C)C)nc(C2CCS(=O)(=O)C2)n1. The maximum absolute atomic E-state index is 11.6. The second-order valence-corrected chi connectivity index (χ2v) is 7.55. The summed E-state index contributed by atoms with van der Waals surface area (Å²) in [6.45, 7) is 6.95.